The number of amides is 3. The lowest BCUT2D eigenvalue weighted by atomic mass is 9.97. The standard InChI is InChI=1S/C27H33N3O5S/c1-5-20-13-9-10-14-21(20)23(24(32)28-17-19-11-7-6-8-12-19)30(15-16-31)25(33)22(18-36)29-26(34)35-27(2,3)4/h1,6-14,22-23,31,36H,15-18H2,2-4H3,(H,28,32)(H,29,34). The van der Waals surface area contributed by atoms with Crippen molar-refractivity contribution in [2.75, 3.05) is 18.9 Å². The van der Waals surface area contributed by atoms with Crippen LogP contribution in [-0.4, -0.2) is 58.5 Å². The molecule has 0 fully saturated rings. The first-order chi connectivity index (χ1) is 17.1. The van der Waals surface area contributed by atoms with Gasteiger partial charge in [0.15, 0.2) is 0 Å². The fourth-order valence-corrected chi connectivity index (χ4v) is 3.76. The fourth-order valence-electron chi connectivity index (χ4n) is 3.51. The minimum Gasteiger partial charge on any atom is -0.444 e. The number of benzene rings is 2. The smallest absolute Gasteiger partial charge is 0.408 e. The van der Waals surface area contributed by atoms with Gasteiger partial charge >= 0.3 is 6.09 Å². The molecular formula is C27H33N3O5S. The van der Waals surface area contributed by atoms with Gasteiger partial charge in [-0.2, -0.15) is 12.6 Å². The highest BCUT2D eigenvalue weighted by Crippen LogP contribution is 2.26. The predicted molar refractivity (Wildman–Crippen MR) is 141 cm³/mol. The molecule has 9 heteroatoms. The number of hydrogen-bond donors (Lipinski definition) is 4. The Kier molecular flexibility index (Phi) is 10.8. The van der Waals surface area contributed by atoms with Crippen LogP contribution in [0.2, 0.25) is 0 Å². The van der Waals surface area contributed by atoms with Crippen molar-refractivity contribution in [3.05, 3.63) is 71.3 Å². The van der Waals surface area contributed by atoms with E-state index in [0.717, 1.165) is 5.56 Å². The summed E-state index contributed by atoms with van der Waals surface area (Å²) < 4.78 is 5.27. The van der Waals surface area contributed by atoms with Crippen molar-refractivity contribution in [1.82, 2.24) is 15.5 Å². The largest absolute Gasteiger partial charge is 0.444 e. The summed E-state index contributed by atoms with van der Waals surface area (Å²) in [6, 6.07) is 13.8. The predicted octanol–water partition coefficient (Wildman–Crippen LogP) is 2.67. The Morgan fingerprint density at radius 3 is 2.33 bits per heavy atom. The molecule has 2 aromatic carbocycles. The molecule has 0 saturated carbocycles. The summed E-state index contributed by atoms with van der Waals surface area (Å²) in [5, 5.41) is 15.2. The molecule has 0 spiro atoms. The Hall–Kier alpha value is -3.48. The van der Waals surface area contributed by atoms with Crippen LogP contribution in [0.3, 0.4) is 0 Å². The zero-order valence-corrected chi connectivity index (χ0v) is 21.6. The van der Waals surface area contributed by atoms with Crippen molar-refractivity contribution in [2.45, 2.75) is 45.0 Å². The molecule has 0 aromatic heterocycles. The summed E-state index contributed by atoms with van der Waals surface area (Å²) in [5.41, 5.74) is 0.942. The van der Waals surface area contributed by atoms with Crippen LogP contribution in [-0.2, 0) is 20.9 Å². The number of thiol groups is 1. The first-order valence-corrected chi connectivity index (χ1v) is 12.1. The quantitative estimate of drug-likeness (QED) is 0.290. The molecule has 0 bridgehead atoms. The van der Waals surface area contributed by atoms with Gasteiger partial charge in [-0.25, -0.2) is 4.79 Å². The van der Waals surface area contributed by atoms with E-state index in [0.29, 0.717) is 11.1 Å². The number of terminal acetylenes is 1. The van der Waals surface area contributed by atoms with Crippen molar-refractivity contribution in [1.29, 1.82) is 0 Å². The maximum Gasteiger partial charge on any atom is 0.408 e. The molecule has 0 saturated heterocycles. The molecule has 2 unspecified atom stereocenters. The number of carbonyl (C=O) groups excluding carboxylic acids is 3. The molecule has 3 amide bonds. The van der Waals surface area contributed by atoms with E-state index in [9.17, 15) is 19.5 Å². The molecule has 2 atom stereocenters. The third-order valence-electron chi connectivity index (χ3n) is 5.08. The number of ether oxygens (including phenoxy) is 1. The summed E-state index contributed by atoms with van der Waals surface area (Å²) in [6.45, 7) is 4.73. The normalized spacial score (nSPS) is 12.6. The second-order valence-corrected chi connectivity index (χ2v) is 9.34. The van der Waals surface area contributed by atoms with Crippen molar-refractivity contribution in [3.63, 3.8) is 0 Å². The maximum absolute atomic E-state index is 13.6. The lowest BCUT2D eigenvalue weighted by molar-refractivity contribution is -0.142. The van der Waals surface area contributed by atoms with Gasteiger partial charge in [0.1, 0.15) is 17.7 Å². The average Bonchev–Trinajstić information content (AvgIpc) is 2.85. The van der Waals surface area contributed by atoms with E-state index in [2.05, 4.69) is 29.2 Å². The van der Waals surface area contributed by atoms with E-state index in [4.69, 9.17) is 11.2 Å². The Morgan fingerprint density at radius 1 is 1.11 bits per heavy atom. The number of nitrogens with zero attached hydrogens (tertiary/aromatic N) is 1. The van der Waals surface area contributed by atoms with Crippen LogP contribution in [0, 0.1) is 12.3 Å². The summed E-state index contributed by atoms with van der Waals surface area (Å²) in [5.74, 6) is 1.39. The number of aliphatic hydroxyl groups is 1. The van der Waals surface area contributed by atoms with E-state index in [1.54, 1.807) is 45.0 Å². The van der Waals surface area contributed by atoms with Gasteiger partial charge in [-0.15, -0.1) is 6.42 Å². The van der Waals surface area contributed by atoms with Crippen LogP contribution < -0.4 is 10.6 Å². The number of nitrogens with one attached hydrogen (secondary N) is 2. The average molecular weight is 512 g/mol. The molecule has 2 aromatic rings. The van der Waals surface area contributed by atoms with Gasteiger partial charge in [0.25, 0.3) is 0 Å². The third kappa shape index (κ3) is 8.33. The molecule has 0 aliphatic carbocycles. The van der Waals surface area contributed by atoms with Gasteiger partial charge in [0.2, 0.25) is 11.8 Å². The van der Waals surface area contributed by atoms with Crippen molar-refractivity contribution >= 4 is 30.5 Å². The molecule has 3 N–H and O–H groups in total. The van der Waals surface area contributed by atoms with E-state index in [-0.39, 0.29) is 18.8 Å². The molecule has 0 aliphatic rings. The number of aliphatic hydroxyl groups excluding tert-OH is 1. The second-order valence-electron chi connectivity index (χ2n) is 8.97. The Morgan fingerprint density at radius 2 is 1.75 bits per heavy atom. The SMILES string of the molecule is C#Cc1ccccc1C(C(=O)NCc1ccccc1)N(CCO)C(=O)C(CS)NC(=O)OC(C)(C)C. The molecule has 0 radical (unpaired) electrons. The summed E-state index contributed by atoms with van der Waals surface area (Å²) in [4.78, 5) is 40.7. The number of carbonyl (C=O) groups is 3. The molecule has 2 rings (SSSR count). The lowest BCUT2D eigenvalue weighted by Crippen LogP contribution is -2.54. The molecule has 8 nitrogen and oxygen atoms in total. The van der Waals surface area contributed by atoms with Crippen LogP contribution >= 0.6 is 12.6 Å². The number of rotatable bonds is 10. The van der Waals surface area contributed by atoms with Gasteiger partial charge in [-0.05, 0) is 38.0 Å². The lowest BCUT2D eigenvalue weighted by Gasteiger charge is -2.34. The Balaban J connectivity index is 2.42. The molecule has 0 aliphatic heterocycles. The maximum atomic E-state index is 13.6. The van der Waals surface area contributed by atoms with Crippen LogP contribution in [0.25, 0.3) is 0 Å². The second kappa shape index (κ2) is 13.6. The highest BCUT2D eigenvalue weighted by molar-refractivity contribution is 7.80. The zero-order chi connectivity index (χ0) is 26.7. The third-order valence-corrected chi connectivity index (χ3v) is 5.44. The first kappa shape index (κ1) is 28.8. The first-order valence-electron chi connectivity index (χ1n) is 11.5. The molecule has 0 heterocycles. The van der Waals surface area contributed by atoms with Gasteiger partial charge < -0.3 is 25.4 Å². The Bertz CT molecular complexity index is 1080. The van der Waals surface area contributed by atoms with Gasteiger partial charge in [0.05, 0.1) is 6.61 Å². The van der Waals surface area contributed by atoms with Gasteiger partial charge in [-0.3, -0.25) is 9.59 Å². The summed E-state index contributed by atoms with van der Waals surface area (Å²) in [7, 11) is 0. The van der Waals surface area contributed by atoms with Crippen molar-refractivity contribution < 1.29 is 24.2 Å². The summed E-state index contributed by atoms with van der Waals surface area (Å²) >= 11 is 4.23. The number of alkyl carbamates (subject to hydrolysis) is 1. The molecule has 192 valence electrons. The van der Waals surface area contributed by atoms with Crippen LogP contribution in [0.15, 0.2) is 54.6 Å². The minimum atomic E-state index is -1.16. The van der Waals surface area contributed by atoms with Crippen molar-refractivity contribution in [2.24, 2.45) is 0 Å². The van der Waals surface area contributed by atoms with E-state index < -0.39 is 42.2 Å². The topological polar surface area (TPSA) is 108 Å². The van der Waals surface area contributed by atoms with Crippen LogP contribution in [0.1, 0.15) is 43.5 Å². The van der Waals surface area contributed by atoms with Gasteiger partial charge in [0, 0.05) is 24.4 Å². The van der Waals surface area contributed by atoms with Crippen LogP contribution in [0.4, 0.5) is 4.79 Å². The van der Waals surface area contributed by atoms with Crippen LogP contribution in [0.5, 0.6) is 0 Å². The molecule has 36 heavy (non-hydrogen) atoms. The van der Waals surface area contributed by atoms with E-state index in [1.165, 1.54) is 4.90 Å². The van der Waals surface area contributed by atoms with Gasteiger partial charge in [-0.1, -0.05) is 54.5 Å². The highest BCUT2D eigenvalue weighted by atomic mass is 32.1. The van der Waals surface area contributed by atoms with Crippen molar-refractivity contribution in [3.8, 4) is 12.3 Å². The van der Waals surface area contributed by atoms with E-state index >= 15 is 0 Å². The highest BCUT2D eigenvalue weighted by Gasteiger charge is 2.36. The number of hydrogen-bond acceptors (Lipinski definition) is 6. The summed E-state index contributed by atoms with van der Waals surface area (Å²) in [6.07, 6.45) is 4.90. The molecular weight excluding hydrogens is 478 g/mol. The van der Waals surface area contributed by atoms with E-state index in [1.807, 2.05) is 30.3 Å². The fraction of sp³-hybridized carbons (Fsp3) is 0.370. The Labute approximate surface area is 217 Å². The minimum absolute atomic E-state index is 0.0604. The zero-order valence-electron chi connectivity index (χ0n) is 20.7. The monoisotopic (exact) mass is 511 g/mol.